The van der Waals surface area contributed by atoms with Crippen LogP contribution in [0.5, 0.6) is 0 Å². The van der Waals surface area contributed by atoms with Crippen LogP contribution in [0.3, 0.4) is 0 Å². The average Bonchev–Trinajstić information content (AvgIpc) is 3.41. The van der Waals surface area contributed by atoms with E-state index in [0.717, 1.165) is 15.4 Å². The number of amides is 1. The number of carbonyl (C=O) groups excluding carboxylic acids is 1. The first-order valence-electron chi connectivity index (χ1n) is 8.57. The number of nitrogens with zero attached hydrogens (tertiary/aromatic N) is 2. The first-order chi connectivity index (χ1) is 13.0. The first kappa shape index (κ1) is 18.3. The molecule has 4 rings (SSSR count). The maximum Gasteiger partial charge on any atom is 0.266 e. The Hall–Kier alpha value is -2.03. The van der Waals surface area contributed by atoms with Crippen molar-refractivity contribution < 1.29 is 13.2 Å². The van der Waals surface area contributed by atoms with Crippen molar-refractivity contribution in [2.75, 3.05) is 11.5 Å². The minimum atomic E-state index is -3.08. The minimum Gasteiger partial charge on any atom is -0.329 e. The average molecular weight is 419 g/mol. The summed E-state index contributed by atoms with van der Waals surface area (Å²) in [5, 5.41) is 2.75. The van der Waals surface area contributed by atoms with Crippen LogP contribution in [0.4, 0.5) is 0 Å². The number of hydrogen-bond acceptors (Lipinski definition) is 6. The lowest BCUT2D eigenvalue weighted by molar-refractivity contribution is 0.0688. The van der Waals surface area contributed by atoms with Gasteiger partial charge in [-0.2, -0.15) is 0 Å². The number of benzene rings is 1. The number of carbonyl (C=O) groups is 1. The van der Waals surface area contributed by atoms with Crippen LogP contribution in [0, 0.1) is 0 Å². The minimum absolute atomic E-state index is 0.0362. The van der Waals surface area contributed by atoms with Gasteiger partial charge in [-0.05, 0) is 17.9 Å². The third kappa shape index (κ3) is 4.12. The van der Waals surface area contributed by atoms with Gasteiger partial charge in [0.2, 0.25) is 0 Å². The van der Waals surface area contributed by atoms with Gasteiger partial charge < -0.3 is 4.90 Å². The molecule has 1 aliphatic heterocycles. The third-order valence-corrected chi connectivity index (χ3v) is 8.20. The number of thiophene rings is 1. The van der Waals surface area contributed by atoms with E-state index in [-0.39, 0.29) is 23.5 Å². The highest BCUT2D eigenvalue weighted by Gasteiger charge is 2.35. The van der Waals surface area contributed by atoms with Gasteiger partial charge in [0.1, 0.15) is 9.88 Å². The Bertz CT molecular complexity index is 1030. The van der Waals surface area contributed by atoms with Crippen LogP contribution in [0.15, 0.2) is 54.0 Å². The molecular weight excluding hydrogens is 400 g/mol. The Balaban J connectivity index is 1.61. The number of sulfone groups is 1. The lowest BCUT2D eigenvalue weighted by atomic mass is 10.2. The summed E-state index contributed by atoms with van der Waals surface area (Å²) in [6, 6.07) is 13.3. The molecule has 27 heavy (non-hydrogen) atoms. The zero-order valence-corrected chi connectivity index (χ0v) is 16.9. The highest BCUT2D eigenvalue weighted by atomic mass is 32.2. The van der Waals surface area contributed by atoms with Crippen molar-refractivity contribution in [2.24, 2.45) is 0 Å². The highest BCUT2D eigenvalue weighted by Crippen LogP contribution is 2.29. The quantitative estimate of drug-likeness (QED) is 0.634. The molecule has 1 saturated heterocycles. The van der Waals surface area contributed by atoms with Crippen molar-refractivity contribution in [3.05, 3.63) is 63.8 Å². The maximum atomic E-state index is 13.2. The van der Waals surface area contributed by atoms with E-state index in [1.807, 2.05) is 47.8 Å². The summed E-state index contributed by atoms with van der Waals surface area (Å²) >= 11 is 2.91. The molecule has 1 fully saturated rings. The molecule has 1 unspecified atom stereocenters. The molecule has 0 saturated carbocycles. The Labute approximate surface area is 166 Å². The van der Waals surface area contributed by atoms with Crippen LogP contribution in [-0.2, 0) is 16.4 Å². The fraction of sp³-hybridized carbons (Fsp3) is 0.263. The molecular formula is C19H18N2O3S3. The third-order valence-electron chi connectivity index (χ3n) is 4.55. The van der Waals surface area contributed by atoms with Crippen molar-refractivity contribution in [3.8, 4) is 10.6 Å². The van der Waals surface area contributed by atoms with E-state index in [1.165, 1.54) is 11.3 Å². The summed E-state index contributed by atoms with van der Waals surface area (Å²) in [6.45, 7) is 0.426. The van der Waals surface area contributed by atoms with Gasteiger partial charge in [-0.15, -0.1) is 22.7 Å². The van der Waals surface area contributed by atoms with Crippen molar-refractivity contribution >= 4 is 38.4 Å². The number of aromatic nitrogens is 1. The molecule has 0 aliphatic carbocycles. The normalized spacial score (nSPS) is 18.4. The first-order valence-corrected chi connectivity index (χ1v) is 12.1. The Kier molecular flexibility index (Phi) is 5.12. The molecule has 0 N–H and O–H groups in total. The van der Waals surface area contributed by atoms with E-state index in [4.69, 9.17) is 0 Å². The smallest absolute Gasteiger partial charge is 0.266 e. The monoisotopic (exact) mass is 418 g/mol. The fourth-order valence-electron chi connectivity index (χ4n) is 3.19. The van der Waals surface area contributed by atoms with Gasteiger partial charge in [-0.1, -0.05) is 36.4 Å². The van der Waals surface area contributed by atoms with Crippen LogP contribution >= 0.6 is 22.7 Å². The topological polar surface area (TPSA) is 67.3 Å². The molecule has 5 nitrogen and oxygen atoms in total. The Morgan fingerprint density at radius 1 is 1.19 bits per heavy atom. The van der Waals surface area contributed by atoms with Crippen molar-refractivity contribution in [3.63, 3.8) is 0 Å². The molecule has 3 heterocycles. The highest BCUT2D eigenvalue weighted by molar-refractivity contribution is 7.91. The lowest BCUT2D eigenvalue weighted by Crippen LogP contribution is -2.40. The van der Waals surface area contributed by atoms with Crippen molar-refractivity contribution in [1.82, 2.24) is 9.88 Å². The van der Waals surface area contributed by atoms with Gasteiger partial charge in [0, 0.05) is 16.5 Å². The Morgan fingerprint density at radius 2 is 2.00 bits per heavy atom. The van der Waals surface area contributed by atoms with Gasteiger partial charge in [0.15, 0.2) is 9.84 Å². The van der Waals surface area contributed by atoms with Gasteiger partial charge in [0.25, 0.3) is 5.91 Å². The van der Waals surface area contributed by atoms with E-state index in [0.29, 0.717) is 17.8 Å². The second-order valence-electron chi connectivity index (χ2n) is 6.46. The summed E-state index contributed by atoms with van der Waals surface area (Å²) in [7, 11) is -3.08. The van der Waals surface area contributed by atoms with Crippen molar-refractivity contribution in [2.45, 2.75) is 19.0 Å². The molecule has 1 aromatic carbocycles. The molecule has 2 aromatic heterocycles. The van der Waals surface area contributed by atoms with E-state index >= 15 is 0 Å². The van der Waals surface area contributed by atoms with E-state index < -0.39 is 9.84 Å². The second-order valence-corrected chi connectivity index (χ2v) is 10.8. The zero-order valence-electron chi connectivity index (χ0n) is 14.4. The molecule has 140 valence electrons. The molecule has 1 atom stereocenters. The van der Waals surface area contributed by atoms with Crippen molar-refractivity contribution in [1.29, 1.82) is 0 Å². The maximum absolute atomic E-state index is 13.2. The van der Waals surface area contributed by atoms with Crippen LogP contribution in [0.1, 0.15) is 21.0 Å². The Morgan fingerprint density at radius 3 is 2.67 bits per heavy atom. The number of hydrogen-bond donors (Lipinski definition) is 0. The molecule has 1 aliphatic rings. The standard InChI is InChI=1S/C19H18N2O3S3/c22-19(17-11-20-18(26-17)14-5-2-1-3-6-14)21(12-16-7-4-9-25-16)15-8-10-27(23,24)13-15/h1-7,9,11,15H,8,10,12-13H2. The van der Waals surface area contributed by atoms with Crippen LogP contribution < -0.4 is 0 Å². The van der Waals surface area contributed by atoms with Crippen LogP contribution in [0.2, 0.25) is 0 Å². The number of thiazole rings is 1. The van der Waals surface area contributed by atoms with Crippen LogP contribution in [0.25, 0.3) is 10.6 Å². The predicted octanol–water partition coefficient (Wildman–Crippen LogP) is 3.70. The molecule has 0 spiro atoms. The number of rotatable bonds is 5. The molecule has 3 aromatic rings. The summed E-state index contributed by atoms with van der Waals surface area (Å²) in [6.07, 6.45) is 2.09. The summed E-state index contributed by atoms with van der Waals surface area (Å²) in [5.41, 5.74) is 0.967. The molecule has 8 heteroatoms. The SMILES string of the molecule is O=C(c1cnc(-c2ccccc2)s1)N(Cc1cccs1)C1CCS(=O)(=O)C1. The zero-order chi connectivity index (χ0) is 18.9. The molecule has 0 bridgehead atoms. The summed E-state index contributed by atoms with van der Waals surface area (Å²) < 4.78 is 23.9. The predicted molar refractivity (Wildman–Crippen MR) is 109 cm³/mol. The molecule has 1 amide bonds. The lowest BCUT2D eigenvalue weighted by Gasteiger charge is -2.27. The van der Waals surface area contributed by atoms with Gasteiger partial charge in [-0.25, -0.2) is 13.4 Å². The largest absolute Gasteiger partial charge is 0.329 e. The van der Waals surface area contributed by atoms with Gasteiger partial charge in [0.05, 0.1) is 24.2 Å². The summed E-state index contributed by atoms with van der Waals surface area (Å²) in [4.78, 5) is 20.9. The van der Waals surface area contributed by atoms with Gasteiger partial charge in [-0.3, -0.25) is 4.79 Å². The van der Waals surface area contributed by atoms with Gasteiger partial charge >= 0.3 is 0 Å². The van der Waals surface area contributed by atoms with Crippen LogP contribution in [-0.4, -0.2) is 41.8 Å². The van der Waals surface area contributed by atoms with E-state index in [9.17, 15) is 13.2 Å². The molecule has 0 radical (unpaired) electrons. The summed E-state index contributed by atoms with van der Waals surface area (Å²) in [5.74, 6) is 0.0309. The van der Waals surface area contributed by atoms with E-state index in [2.05, 4.69) is 4.98 Å². The van der Waals surface area contributed by atoms with E-state index in [1.54, 1.807) is 22.4 Å². The fourth-order valence-corrected chi connectivity index (χ4v) is 6.50. The second kappa shape index (κ2) is 7.53.